The van der Waals surface area contributed by atoms with Gasteiger partial charge in [0.15, 0.2) is 6.10 Å². The van der Waals surface area contributed by atoms with Crippen molar-refractivity contribution in [1.29, 1.82) is 0 Å². The molecule has 0 bridgehead atoms. The molecule has 3 N–H and O–H groups in total. The third-order valence-electron chi connectivity index (χ3n) is 12.0. The van der Waals surface area contributed by atoms with E-state index in [4.69, 9.17) is 18.5 Å². The third-order valence-corrected chi connectivity index (χ3v) is 13.0. The number of hydrogen-bond donors (Lipinski definition) is 3. The van der Waals surface area contributed by atoms with Crippen LogP contribution in [0, 0.1) is 11.8 Å². The number of phosphoric ester groups is 1. The number of aliphatic hydroxyl groups excluding tert-OH is 3. The summed E-state index contributed by atoms with van der Waals surface area (Å²) in [6.45, 7) is 3.90. The topological polar surface area (TPSA) is 172 Å². The summed E-state index contributed by atoms with van der Waals surface area (Å²) < 4.78 is 34.0. The molecule has 7 atom stereocenters. The van der Waals surface area contributed by atoms with Gasteiger partial charge in [0.25, 0.3) is 7.82 Å². The van der Waals surface area contributed by atoms with Crippen molar-refractivity contribution >= 4 is 19.8 Å². The summed E-state index contributed by atoms with van der Waals surface area (Å²) in [4.78, 5) is 37.9. The number of carbonyl (C=O) groups excluding carboxylic acids is 2. The minimum Gasteiger partial charge on any atom is -0.756 e. The second-order valence-corrected chi connectivity index (χ2v) is 20.6. The molecular weight excluding hydrogens is 822 g/mol. The van der Waals surface area contributed by atoms with Gasteiger partial charge in [-0.25, -0.2) is 0 Å². The summed E-state index contributed by atoms with van der Waals surface area (Å²) >= 11 is 0. The Balaban J connectivity index is 2.39. The van der Waals surface area contributed by atoms with Gasteiger partial charge in [-0.15, -0.1) is 0 Å². The van der Waals surface area contributed by atoms with Gasteiger partial charge in [-0.3, -0.25) is 14.2 Å². The molecule has 0 heterocycles. The minimum atomic E-state index is -4.68. The van der Waals surface area contributed by atoms with Crippen molar-refractivity contribution in [3.05, 3.63) is 24.3 Å². The van der Waals surface area contributed by atoms with Gasteiger partial charge in [-0.2, -0.15) is 0 Å². The number of rotatable bonds is 42. The fourth-order valence-corrected chi connectivity index (χ4v) is 8.77. The van der Waals surface area contributed by atoms with Crippen LogP contribution in [-0.2, 0) is 32.7 Å². The van der Waals surface area contributed by atoms with Crippen molar-refractivity contribution < 1.29 is 57.4 Å². The van der Waals surface area contributed by atoms with E-state index < -0.39 is 50.8 Å². The molecule has 1 saturated carbocycles. The van der Waals surface area contributed by atoms with Crippen molar-refractivity contribution in [2.24, 2.45) is 11.8 Å². The van der Waals surface area contributed by atoms with Crippen LogP contribution in [0.1, 0.15) is 200 Å². The van der Waals surface area contributed by atoms with Crippen LogP contribution in [0.15, 0.2) is 24.3 Å². The van der Waals surface area contributed by atoms with Crippen molar-refractivity contribution in [2.75, 3.05) is 47.5 Å². The number of allylic oxidation sites excluding steroid dienone is 2. The van der Waals surface area contributed by atoms with E-state index in [-0.39, 0.29) is 37.9 Å². The molecule has 63 heavy (non-hydrogen) atoms. The van der Waals surface area contributed by atoms with Crippen LogP contribution in [0.3, 0.4) is 0 Å². The zero-order valence-electron chi connectivity index (χ0n) is 40.6. The van der Waals surface area contributed by atoms with E-state index in [1.54, 1.807) is 6.08 Å². The Morgan fingerprint density at radius 2 is 1.22 bits per heavy atom. The molecule has 0 aromatic heterocycles. The van der Waals surface area contributed by atoms with Gasteiger partial charge in [-0.1, -0.05) is 154 Å². The molecule has 0 amide bonds. The predicted molar refractivity (Wildman–Crippen MR) is 252 cm³/mol. The first-order valence-electron chi connectivity index (χ1n) is 25.3. The van der Waals surface area contributed by atoms with Crippen LogP contribution in [0.25, 0.3) is 0 Å². The van der Waals surface area contributed by atoms with Gasteiger partial charge < -0.3 is 43.2 Å². The lowest BCUT2D eigenvalue weighted by Crippen LogP contribution is -2.37. The zero-order chi connectivity index (χ0) is 46.6. The molecular formula is C50H94NO11P. The highest BCUT2D eigenvalue weighted by molar-refractivity contribution is 7.45. The number of ether oxygens (including phenoxy) is 2. The van der Waals surface area contributed by atoms with E-state index in [9.17, 15) is 34.4 Å². The van der Waals surface area contributed by atoms with E-state index in [1.165, 1.54) is 83.5 Å². The Labute approximate surface area is 384 Å². The summed E-state index contributed by atoms with van der Waals surface area (Å²) in [6.07, 6.45) is 34.1. The predicted octanol–water partition coefficient (Wildman–Crippen LogP) is 10.4. The normalized spacial score (nSPS) is 20.1. The first-order valence-corrected chi connectivity index (χ1v) is 26.8. The number of unbranched alkanes of at least 4 members (excludes halogenated alkanes) is 20. The van der Waals surface area contributed by atoms with E-state index in [2.05, 4.69) is 26.0 Å². The largest absolute Gasteiger partial charge is 0.756 e. The Hall–Kier alpha value is -1.63. The average molecular weight is 916 g/mol. The number of nitrogens with zero attached hydrogens (tertiary/aromatic N) is 1. The SMILES string of the molecule is CCCCCCCC/C=C\CCCCCCCCCCCC(=O)O[C@H](COC(=O)CCCCCC[C@@H]1[C@@H](/C=C/[C@@H](O)CCCCC)[C@H](O)C[C@@H]1O)COP(=O)([O-])OCC[N+](C)(C)C. The summed E-state index contributed by atoms with van der Waals surface area (Å²) in [5, 5.41) is 31.5. The van der Waals surface area contributed by atoms with Gasteiger partial charge in [-0.05, 0) is 57.3 Å². The standard InChI is InChI=1S/C50H94NO11P/c1-6-8-10-11-12-13-14-15-16-17-18-19-20-21-22-23-24-25-31-35-50(56)62-44(42-61-63(57,58)60-39-38-51(3,4)5)41-59-49(55)34-30-27-26-29-33-45-46(48(54)40-47(45)53)37-36-43(52)32-28-9-7-2/h15-16,36-37,43-48,52-54H,6-14,17-35,38-42H2,1-5H3/b16-15-,37-36+/t43-,44+,45+,46+,47-,48+/m0/s1. The molecule has 0 saturated heterocycles. The second kappa shape index (κ2) is 37.5. The molecule has 0 aromatic rings. The monoisotopic (exact) mass is 916 g/mol. The number of aliphatic hydroxyl groups is 3. The first kappa shape index (κ1) is 59.4. The molecule has 1 aliphatic rings. The molecule has 1 rings (SSSR count). The molecule has 0 radical (unpaired) electrons. The maximum absolute atomic E-state index is 12.8. The summed E-state index contributed by atoms with van der Waals surface area (Å²) in [5.41, 5.74) is 0. The van der Waals surface area contributed by atoms with Crippen molar-refractivity contribution in [2.45, 2.75) is 224 Å². The Morgan fingerprint density at radius 3 is 1.81 bits per heavy atom. The summed E-state index contributed by atoms with van der Waals surface area (Å²) in [6, 6.07) is 0. The Bertz CT molecular complexity index is 1240. The van der Waals surface area contributed by atoms with Crippen LogP contribution in [-0.4, -0.2) is 104 Å². The van der Waals surface area contributed by atoms with E-state index >= 15 is 0 Å². The van der Waals surface area contributed by atoms with E-state index in [1.807, 2.05) is 27.2 Å². The van der Waals surface area contributed by atoms with Crippen molar-refractivity contribution in [1.82, 2.24) is 0 Å². The zero-order valence-corrected chi connectivity index (χ0v) is 41.5. The number of likely N-dealkylation sites (N-methyl/N-ethyl adjacent to an activating group) is 1. The maximum atomic E-state index is 12.8. The Morgan fingerprint density at radius 1 is 0.698 bits per heavy atom. The molecule has 0 spiro atoms. The highest BCUT2D eigenvalue weighted by Gasteiger charge is 2.39. The average Bonchev–Trinajstić information content (AvgIpc) is 3.50. The fraction of sp³-hybridized carbons (Fsp3) is 0.880. The lowest BCUT2D eigenvalue weighted by atomic mass is 9.88. The van der Waals surface area contributed by atoms with Crippen LogP contribution >= 0.6 is 7.82 Å². The molecule has 370 valence electrons. The molecule has 1 aliphatic carbocycles. The Kier molecular flexibility index (Phi) is 35.3. The highest BCUT2D eigenvalue weighted by Crippen LogP contribution is 2.39. The molecule has 0 aliphatic heterocycles. The van der Waals surface area contributed by atoms with Crippen LogP contribution in [0.4, 0.5) is 0 Å². The molecule has 1 fully saturated rings. The van der Waals surface area contributed by atoms with Gasteiger partial charge in [0.1, 0.15) is 19.8 Å². The van der Waals surface area contributed by atoms with Gasteiger partial charge in [0, 0.05) is 25.2 Å². The van der Waals surface area contributed by atoms with Crippen LogP contribution in [0.2, 0.25) is 0 Å². The quantitative estimate of drug-likeness (QED) is 0.0175. The second-order valence-electron chi connectivity index (χ2n) is 19.1. The number of phosphoric acid groups is 1. The molecule has 0 aromatic carbocycles. The van der Waals surface area contributed by atoms with E-state index in [0.29, 0.717) is 36.7 Å². The third kappa shape index (κ3) is 34.4. The van der Waals surface area contributed by atoms with E-state index in [0.717, 1.165) is 64.2 Å². The number of quaternary nitrogens is 1. The number of hydrogen-bond acceptors (Lipinski definition) is 11. The number of esters is 2. The fourth-order valence-electron chi connectivity index (χ4n) is 8.04. The van der Waals surface area contributed by atoms with Gasteiger partial charge in [0.05, 0.1) is 46.1 Å². The lowest BCUT2D eigenvalue weighted by molar-refractivity contribution is -0.870. The first-order chi connectivity index (χ1) is 30.2. The molecule has 12 nitrogen and oxygen atoms in total. The van der Waals surface area contributed by atoms with Crippen molar-refractivity contribution in [3.8, 4) is 0 Å². The summed E-state index contributed by atoms with van der Waals surface area (Å²) in [7, 11) is 1.05. The maximum Gasteiger partial charge on any atom is 0.306 e. The summed E-state index contributed by atoms with van der Waals surface area (Å²) in [5.74, 6) is -1.25. The number of carbonyl (C=O) groups is 2. The van der Waals surface area contributed by atoms with Gasteiger partial charge >= 0.3 is 11.9 Å². The van der Waals surface area contributed by atoms with Gasteiger partial charge in [0.2, 0.25) is 0 Å². The molecule has 13 heteroatoms. The minimum absolute atomic E-state index is 0.0646. The lowest BCUT2D eigenvalue weighted by Gasteiger charge is -2.28. The molecule has 1 unspecified atom stereocenters. The van der Waals surface area contributed by atoms with Crippen LogP contribution in [0.5, 0.6) is 0 Å². The smallest absolute Gasteiger partial charge is 0.306 e. The van der Waals surface area contributed by atoms with Crippen LogP contribution < -0.4 is 4.89 Å². The van der Waals surface area contributed by atoms with Crippen molar-refractivity contribution in [3.63, 3.8) is 0 Å². The highest BCUT2D eigenvalue weighted by atomic mass is 31.2.